The van der Waals surface area contributed by atoms with Gasteiger partial charge in [0.15, 0.2) is 0 Å². The second kappa shape index (κ2) is 8.34. The molecule has 0 aromatic carbocycles. The molecule has 0 spiro atoms. The molecular formula is C20H24F2N4O2. The first kappa shape index (κ1) is 19.0. The van der Waals surface area contributed by atoms with Crippen molar-refractivity contribution in [1.82, 2.24) is 19.4 Å². The molecule has 1 aliphatic heterocycles. The topological polar surface area (TPSA) is 60.2 Å². The molecule has 150 valence electrons. The summed E-state index contributed by atoms with van der Waals surface area (Å²) in [5, 5.41) is 0. The van der Waals surface area contributed by atoms with Gasteiger partial charge in [-0.1, -0.05) is 12.8 Å². The average Bonchev–Trinajstić information content (AvgIpc) is 3.24. The van der Waals surface area contributed by atoms with Gasteiger partial charge in [0.2, 0.25) is 0 Å². The highest BCUT2D eigenvalue weighted by Gasteiger charge is 2.28. The van der Waals surface area contributed by atoms with Crippen LogP contribution in [0.2, 0.25) is 0 Å². The molecule has 3 heterocycles. The number of piperidine rings is 1. The normalized spacial score (nSPS) is 19.4. The van der Waals surface area contributed by atoms with Gasteiger partial charge in [0.05, 0.1) is 0 Å². The Bertz CT molecular complexity index is 842. The quantitative estimate of drug-likeness (QED) is 0.782. The van der Waals surface area contributed by atoms with Crippen molar-refractivity contribution in [3.8, 4) is 17.1 Å². The molecular weight excluding hydrogens is 366 g/mol. The lowest BCUT2D eigenvalue weighted by Crippen LogP contribution is -2.43. The van der Waals surface area contributed by atoms with Gasteiger partial charge in [0, 0.05) is 49.4 Å². The highest BCUT2D eigenvalue weighted by atomic mass is 19.3. The molecule has 8 heteroatoms. The highest BCUT2D eigenvalue weighted by Crippen LogP contribution is 2.27. The van der Waals surface area contributed by atoms with Gasteiger partial charge >= 0.3 is 12.6 Å². The average molecular weight is 390 g/mol. The van der Waals surface area contributed by atoms with E-state index in [0.717, 1.165) is 44.2 Å². The van der Waals surface area contributed by atoms with Crippen molar-refractivity contribution in [3.63, 3.8) is 0 Å². The van der Waals surface area contributed by atoms with Crippen LogP contribution >= 0.6 is 0 Å². The van der Waals surface area contributed by atoms with Gasteiger partial charge in [-0.05, 0) is 37.3 Å². The maximum Gasteiger partial charge on any atom is 0.321 e. The third-order valence-electron chi connectivity index (χ3n) is 5.71. The number of halogens is 2. The summed E-state index contributed by atoms with van der Waals surface area (Å²) in [6.07, 6.45) is 11.5. The molecule has 0 radical (unpaired) electrons. The van der Waals surface area contributed by atoms with Crippen molar-refractivity contribution in [2.24, 2.45) is 0 Å². The first-order valence-electron chi connectivity index (χ1n) is 9.83. The van der Waals surface area contributed by atoms with Crippen LogP contribution in [0.4, 0.5) is 8.78 Å². The van der Waals surface area contributed by atoms with E-state index in [0.29, 0.717) is 21.7 Å². The van der Waals surface area contributed by atoms with E-state index in [2.05, 4.69) is 14.9 Å². The summed E-state index contributed by atoms with van der Waals surface area (Å²) in [4.78, 5) is 22.8. The van der Waals surface area contributed by atoms with E-state index in [1.807, 2.05) is 0 Å². The lowest BCUT2D eigenvalue weighted by molar-refractivity contribution is 0.0664. The second-order valence-electron chi connectivity index (χ2n) is 7.48. The number of aromatic nitrogens is 3. The Morgan fingerprint density at radius 1 is 1.04 bits per heavy atom. The Balaban J connectivity index is 1.35. The molecule has 28 heavy (non-hydrogen) atoms. The maximum absolute atomic E-state index is 12.7. The third kappa shape index (κ3) is 4.22. The number of rotatable bonds is 5. The van der Waals surface area contributed by atoms with Crippen molar-refractivity contribution >= 4 is 0 Å². The van der Waals surface area contributed by atoms with Gasteiger partial charge in [0.1, 0.15) is 6.10 Å². The molecule has 0 atom stereocenters. The minimum atomic E-state index is -2.85. The van der Waals surface area contributed by atoms with Crippen LogP contribution in [0.5, 0.6) is 6.01 Å². The van der Waals surface area contributed by atoms with Crippen molar-refractivity contribution < 1.29 is 13.5 Å². The Labute approximate surface area is 162 Å². The summed E-state index contributed by atoms with van der Waals surface area (Å²) >= 11 is 0. The van der Waals surface area contributed by atoms with Crippen LogP contribution < -0.4 is 10.3 Å². The number of likely N-dealkylation sites (tertiary alicyclic amines) is 1. The number of alkyl halides is 2. The second-order valence-corrected chi connectivity index (χ2v) is 7.48. The van der Waals surface area contributed by atoms with Crippen LogP contribution in [-0.4, -0.2) is 44.7 Å². The largest absolute Gasteiger partial charge is 0.460 e. The van der Waals surface area contributed by atoms with E-state index >= 15 is 0 Å². The summed E-state index contributed by atoms with van der Waals surface area (Å²) in [6.45, 7) is -0.754. The summed E-state index contributed by atoms with van der Waals surface area (Å²) in [7, 11) is 0. The Kier molecular flexibility index (Phi) is 5.66. The van der Waals surface area contributed by atoms with Gasteiger partial charge in [-0.3, -0.25) is 9.36 Å². The molecule has 1 saturated carbocycles. The zero-order valence-electron chi connectivity index (χ0n) is 15.6. The SMILES string of the molecule is O=c1cc(-c2cnc(OC3CCN(C4CCCC4)CC3)nc2)ccn1C(F)F. The first-order chi connectivity index (χ1) is 13.6. The highest BCUT2D eigenvalue weighted by molar-refractivity contribution is 5.60. The lowest BCUT2D eigenvalue weighted by Gasteiger charge is -2.35. The van der Waals surface area contributed by atoms with Gasteiger partial charge in [-0.2, -0.15) is 8.78 Å². The Morgan fingerprint density at radius 2 is 1.71 bits per heavy atom. The van der Waals surface area contributed by atoms with Crippen molar-refractivity contribution in [3.05, 3.63) is 41.1 Å². The van der Waals surface area contributed by atoms with Crippen molar-refractivity contribution in [2.45, 2.75) is 57.2 Å². The molecule has 4 rings (SSSR count). The van der Waals surface area contributed by atoms with Crippen LogP contribution in [0.25, 0.3) is 11.1 Å². The Morgan fingerprint density at radius 3 is 2.32 bits per heavy atom. The molecule has 1 aliphatic carbocycles. The summed E-state index contributed by atoms with van der Waals surface area (Å²) in [5.41, 5.74) is 0.321. The summed E-state index contributed by atoms with van der Waals surface area (Å²) in [5.74, 6) is 0. The number of hydrogen-bond acceptors (Lipinski definition) is 5. The standard InChI is InChI=1S/C20H24F2N4O2/c21-19(22)26-10-5-14(11-18(26)27)15-12-23-20(24-13-15)28-17-6-8-25(9-7-17)16-3-1-2-4-16/h5,10-13,16-17,19H,1-4,6-9H2. The smallest absolute Gasteiger partial charge is 0.321 e. The molecule has 0 N–H and O–H groups in total. The monoisotopic (exact) mass is 390 g/mol. The van der Waals surface area contributed by atoms with E-state index in [4.69, 9.17) is 4.74 Å². The van der Waals surface area contributed by atoms with Gasteiger partial charge in [0.25, 0.3) is 5.56 Å². The lowest BCUT2D eigenvalue weighted by atomic mass is 10.0. The van der Waals surface area contributed by atoms with Gasteiger partial charge in [-0.25, -0.2) is 9.97 Å². The third-order valence-corrected chi connectivity index (χ3v) is 5.71. The number of pyridine rings is 1. The molecule has 2 aromatic heterocycles. The molecule has 0 bridgehead atoms. The maximum atomic E-state index is 12.7. The van der Waals surface area contributed by atoms with Crippen molar-refractivity contribution in [2.75, 3.05) is 13.1 Å². The van der Waals surface area contributed by atoms with E-state index in [-0.39, 0.29) is 6.10 Å². The molecule has 1 saturated heterocycles. The summed E-state index contributed by atoms with van der Waals surface area (Å²) < 4.78 is 31.6. The molecule has 6 nitrogen and oxygen atoms in total. The molecule has 0 unspecified atom stereocenters. The fourth-order valence-electron chi connectivity index (χ4n) is 4.13. The molecule has 0 amide bonds. The van der Waals surface area contributed by atoms with Crippen molar-refractivity contribution in [1.29, 1.82) is 0 Å². The predicted molar refractivity (Wildman–Crippen MR) is 100 cm³/mol. The van der Waals surface area contributed by atoms with E-state index < -0.39 is 12.1 Å². The first-order valence-corrected chi connectivity index (χ1v) is 9.83. The number of hydrogen-bond donors (Lipinski definition) is 0. The molecule has 2 aliphatic rings. The number of ether oxygens (including phenoxy) is 1. The van der Waals surface area contributed by atoms with E-state index in [1.54, 1.807) is 12.4 Å². The van der Waals surface area contributed by atoms with Crippen LogP contribution in [0.3, 0.4) is 0 Å². The summed E-state index contributed by atoms with van der Waals surface area (Å²) in [6, 6.07) is 3.66. The zero-order chi connectivity index (χ0) is 19.5. The molecule has 2 aromatic rings. The zero-order valence-corrected chi connectivity index (χ0v) is 15.6. The fraction of sp³-hybridized carbons (Fsp3) is 0.550. The van der Waals surface area contributed by atoms with Gasteiger partial charge < -0.3 is 9.64 Å². The van der Waals surface area contributed by atoms with Crippen LogP contribution in [0, 0.1) is 0 Å². The van der Waals surface area contributed by atoms with Crippen LogP contribution in [0.1, 0.15) is 45.1 Å². The van der Waals surface area contributed by atoms with Gasteiger partial charge in [-0.15, -0.1) is 0 Å². The minimum Gasteiger partial charge on any atom is -0.460 e. The predicted octanol–water partition coefficient (Wildman–Crippen LogP) is 3.49. The van der Waals surface area contributed by atoms with Crippen LogP contribution in [-0.2, 0) is 0 Å². The van der Waals surface area contributed by atoms with E-state index in [9.17, 15) is 13.6 Å². The van der Waals surface area contributed by atoms with E-state index in [1.165, 1.54) is 31.7 Å². The minimum absolute atomic E-state index is 0.110. The Hall–Kier alpha value is -2.35. The number of nitrogens with zero attached hydrogens (tertiary/aromatic N) is 4. The fourth-order valence-corrected chi connectivity index (χ4v) is 4.13. The molecule has 2 fully saturated rings. The van der Waals surface area contributed by atoms with Crippen LogP contribution in [0.15, 0.2) is 35.5 Å².